The van der Waals surface area contributed by atoms with Crippen molar-refractivity contribution < 1.29 is 17.7 Å². The number of hydrogen-bond donors (Lipinski definition) is 1. The summed E-state index contributed by atoms with van der Waals surface area (Å²) in [5, 5.41) is 7.04. The van der Waals surface area contributed by atoms with Crippen LogP contribution in [-0.4, -0.2) is 47.9 Å². The van der Waals surface area contributed by atoms with E-state index < -0.39 is 10.0 Å². The van der Waals surface area contributed by atoms with Gasteiger partial charge in [0.2, 0.25) is 27.6 Å². The molecule has 2 aliphatic rings. The van der Waals surface area contributed by atoms with E-state index in [0.29, 0.717) is 34.4 Å². The molecule has 1 aliphatic heterocycles. The fraction of sp³-hybridized carbons (Fsp3) is 0.650. The third kappa shape index (κ3) is 4.45. The molecule has 30 heavy (non-hydrogen) atoms. The second-order valence-electron chi connectivity index (χ2n) is 8.21. The van der Waals surface area contributed by atoms with Gasteiger partial charge in [0.1, 0.15) is 0 Å². The topological polar surface area (TPSA) is 105 Å². The fourth-order valence-electron chi connectivity index (χ4n) is 4.31. The monoisotopic (exact) mass is 452 g/mol. The van der Waals surface area contributed by atoms with E-state index in [1.54, 1.807) is 19.9 Å². The highest BCUT2D eigenvalue weighted by Gasteiger charge is 2.35. The van der Waals surface area contributed by atoms with Crippen LogP contribution in [0.3, 0.4) is 0 Å². The minimum absolute atomic E-state index is 0.00759. The van der Waals surface area contributed by atoms with Crippen molar-refractivity contribution in [2.45, 2.75) is 69.7 Å². The Morgan fingerprint density at radius 2 is 1.97 bits per heavy atom. The van der Waals surface area contributed by atoms with Gasteiger partial charge in [-0.1, -0.05) is 24.4 Å². The van der Waals surface area contributed by atoms with Gasteiger partial charge in [0.05, 0.1) is 15.7 Å². The van der Waals surface area contributed by atoms with E-state index in [2.05, 4.69) is 15.5 Å². The van der Waals surface area contributed by atoms with Gasteiger partial charge in [-0.25, -0.2) is 8.42 Å². The molecule has 4 rings (SSSR count). The van der Waals surface area contributed by atoms with Crippen LogP contribution in [0.5, 0.6) is 0 Å². The first-order chi connectivity index (χ1) is 14.3. The number of hydrogen-bond acceptors (Lipinski definition) is 7. The summed E-state index contributed by atoms with van der Waals surface area (Å²) < 4.78 is 33.2. The number of carbonyl (C=O) groups excluding carboxylic acids is 1. The Balaban J connectivity index is 1.48. The molecule has 1 amide bonds. The first-order valence-corrected chi connectivity index (χ1v) is 12.8. The maximum Gasteiger partial charge on any atom is 0.244 e. The lowest BCUT2D eigenvalue weighted by molar-refractivity contribution is -0.127. The van der Waals surface area contributed by atoms with Crippen LogP contribution in [0.15, 0.2) is 15.5 Å². The van der Waals surface area contributed by atoms with Crippen molar-refractivity contribution in [2.75, 3.05) is 13.1 Å². The minimum Gasteiger partial charge on any atom is -0.353 e. The molecule has 2 aromatic heterocycles. The van der Waals surface area contributed by atoms with Crippen molar-refractivity contribution >= 4 is 27.3 Å². The van der Waals surface area contributed by atoms with Crippen molar-refractivity contribution in [3.8, 4) is 10.7 Å². The Hall–Kier alpha value is -1.78. The zero-order chi connectivity index (χ0) is 21.3. The third-order valence-electron chi connectivity index (χ3n) is 5.94. The normalized spacial score (nSPS) is 21.6. The molecule has 2 aromatic rings. The van der Waals surface area contributed by atoms with Gasteiger partial charge in [-0.05, 0) is 38.7 Å². The standard InChI is InChI=1S/C20H28N4O4S2/c1-13-18(11-17(29-13)19-21-14(2)28-23-19)30(26,27)24-10-6-7-15(12-24)20(25)22-16-8-4-3-5-9-16/h11,15-16H,3-10,12H2,1-2H3,(H,22,25). The number of aromatic nitrogens is 2. The summed E-state index contributed by atoms with van der Waals surface area (Å²) in [6.45, 7) is 4.14. The van der Waals surface area contributed by atoms with Gasteiger partial charge < -0.3 is 9.84 Å². The Morgan fingerprint density at radius 1 is 1.20 bits per heavy atom. The lowest BCUT2D eigenvalue weighted by atomic mass is 9.93. The highest BCUT2D eigenvalue weighted by Crippen LogP contribution is 2.35. The molecule has 1 unspecified atom stereocenters. The van der Waals surface area contributed by atoms with Gasteiger partial charge in [0.15, 0.2) is 0 Å². The van der Waals surface area contributed by atoms with Gasteiger partial charge in [0, 0.05) is 30.9 Å². The predicted molar refractivity (Wildman–Crippen MR) is 114 cm³/mol. The van der Waals surface area contributed by atoms with Gasteiger partial charge in [-0.15, -0.1) is 11.3 Å². The van der Waals surface area contributed by atoms with E-state index >= 15 is 0 Å². The van der Waals surface area contributed by atoms with Crippen molar-refractivity contribution in [3.63, 3.8) is 0 Å². The number of sulfonamides is 1. The molecule has 0 spiro atoms. The number of carbonyl (C=O) groups is 1. The molecule has 1 saturated heterocycles. The minimum atomic E-state index is -3.70. The quantitative estimate of drug-likeness (QED) is 0.746. The van der Waals surface area contributed by atoms with Crippen molar-refractivity contribution in [1.29, 1.82) is 0 Å². The third-order valence-corrected chi connectivity index (χ3v) is 9.11. The van der Waals surface area contributed by atoms with Crippen LogP contribution < -0.4 is 5.32 Å². The summed E-state index contributed by atoms with van der Waals surface area (Å²) in [4.78, 5) is 18.6. The number of amides is 1. The summed E-state index contributed by atoms with van der Waals surface area (Å²) in [5.74, 6) is 0.522. The van der Waals surface area contributed by atoms with Crippen LogP contribution in [0.25, 0.3) is 10.7 Å². The Kier molecular flexibility index (Phi) is 6.26. The van der Waals surface area contributed by atoms with Crippen LogP contribution in [0.2, 0.25) is 0 Å². The summed E-state index contributed by atoms with van der Waals surface area (Å²) >= 11 is 1.33. The van der Waals surface area contributed by atoms with Crippen LogP contribution in [0.1, 0.15) is 55.7 Å². The van der Waals surface area contributed by atoms with Crippen LogP contribution in [0, 0.1) is 19.8 Å². The maximum absolute atomic E-state index is 13.4. The van der Waals surface area contributed by atoms with E-state index in [4.69, 9.17) is 4.52 Å². The fourth-order valence-corrected chi connectivity index (χ4v) is 7.32. The highest BCUT2D eigenvalue weighted by molar-refractivity contribution is 7.89. The summed E-state index contributed by atoms with van der Waals surface area (Å²) in [5.41, 5.74) is 0. The number of rotatable bonds is 5. The predicted octanol–water partition coefficient (Wildman–Crippen LogP) is 3.26. The second kappa shape index (κ2) is 8.76. The number of thiophene rings is 1. The zero-order valence-corrected chi connectivity index (χ0v) is 19.0. The number of aryl methyl sites for hydroxylation is 2. The molecule has 0 radical (unpaired) electrons. The van der Waals surface area contributed by atoms with Crippen molar-refractivity contribution in [1.82, 2.24) is 19.8 Å². The number of nitrogens with zero attached hydrogens (tertiary/aromatic N) is 3. The van der Waals surface area contributed by atoms with Crippen LogP contribution >= 0.6 is 11.3 Å². The van der Waals surface area contributed by atoms with Crippen molar-refractivity contribution in [3.05, 3.63) is 16.8 Å². The first-order valence-electron chi connectivity index (χ1n) is 10.6. The van der Waals surface area contributed by atoms with Gasteiger partial charge in [-0.2, -0.15) is 9.29 Å². The van der Waals surface area contributed by atoms with E-state index in [1.165, 1.54) is 22.1 Å². The van der Waals surface area contributed by atoms with Gasteiger partial charge >= 0.3 is 0 Å². The lowest BCUT2D eigenvalue weighted by Crippen LogP contribution is -2.47. The molecule has 0 bridgehead atoms. The second-order valence-corrected chi connectivity index (χ2v) is 11.4. The van der Waals surface area contributed by atoms with Gasteiger partial charge in [0.25, 0.3) is 0 Å². The zero-order valence-electron chi connectivity index (χ0n) is 17.4. The molecule has 2 fully saturated rings. The number of piperidine rings is 1. The Labute approximate surface area is 181 Å². The Bertz CT molecular complexity index is 1010. The largest absolute Gasteiger partial charge is 0.353 e. The molecular weight excluding hydrogens is 424 g/mol. The SMILES string of the molecule is Cc1nc(-c2cc(S(=O)(=O)N3CCCC(C(=O)NC4CCCCC4)C3)c(C)s2)no1. The molecule has 3 heterocycles. The van der Waals surface area contributed by atoms with E-state index in [0.717, 1.165) is 32.1 Å². The smallest absolute Gasteiger partial charge is 0.244 e. The molecule has 8 nitrogen and oxygen atoms in total. The molecule has 164 valence electrons. The van der Waals surface area contributed by atoms with E-state index in [1.807, 2.05) is 0 Å². The van der Waals surface area contributed by atoms with Crippen LogP contribution in [-0.2, 0) is 14.8 Å². The highest BCUT2D eigenvalue weighted by atomic mass is 32.2. The first kappa shape index (κ1) is 21.5. The van der Waals surface area contributed by atoms with Gasteiger partial charge in [-0.3, -0.25) is 4.79 Å². The summed E-state index contributed by atoms with van der Waals surface area (Å²) in [7, 11) is -3.70. The van der Waals surface area contributed by atoms with E-state index in [9.17, 15) is 13.2 Å². The molecule has 1 saturated carbocycles. The molecule has 10 heteroatoms. The average Bonchev–Trinajstić information content (AvgIpc) is 3.35. The average molecular weight is 453 g/mol. The molecular formula is C20H28N4O4S2. The molecule has 1 atom stereocenters. The summed E-state index contributed by atoms with van der Waals surface area (Å²) in [6, 6.07) is 1.85. The maximum atomic E-state index is 13.4. The summed E-state index contributed by atoms with van der Waals surface area (Å²) in [6.07, 6.45) is 6.97. The Morgan fingerprint density at radius 3 is 2.67 bits per heavy atom. The lowest BCUT2D eigenvalue weighted by Gasteiger charge is -2.32. The van der Waals surface area contributed by atoms with E-state index in [-0.39, 0.29) is 29.3 Å². The number of nitrogens with one attached hydrogen (secondary N) is 1. The molecule has 1 N–H and O–H groups in total. The van der Waals surface area contributed by atoms with Crippen molar-refractivity contribution in [2.24, 2.45) is 5.92 Å². The molecule has 1 aliphatic carbocycles. The van der Waals surface area contributed by atoms with Crippen LogP contribution in [0.4, 0.5) is 0 Å². The molecule has 0 aromatic carbocycles.